The molecule has 0 spiro atoms. The van der Waals surface area contributed by atoms with Crippen LogP contribution in [0.25, 0.3) is 0 Å². The molecular weight excluding hydrogens is 234 g/mol. The molecule has 3 atom stereocenters. The van der Waals surface area contributed by atoms with Crippen LogP contribution in [0.4, 0.5) is 0 Å². The molecule has 0 radical (unpaired) electrons. The maximum absolute atomic E-state index is 10.2. The summed E-state index contributed by atoms with van der Waals surface area (Å²) in [6.45, 7) is 1.02. The molecule has 1 aliphatic heterocycles. The number of likely N-dealkylation sites (N-methyl/N-ethyl adjacent to an activating group) is 1. The molecule has 1 aromatic carbocycles. The molecule has 1 N–H and O–H groups in total. The van der Waals surface area contributed by atoms with Crippen molar-refractivity contribution in [2.45, 2.75) is 50.0 Å². The van der Waals surface area contributed by atoms with Gasteiger partial charge in [-0.15, -0.1) is 0 Å². The van der Waals surface area contributed by atoms with Crippen LogP contribution in [0.2, 0.25) is 0 Å². The smallest absolute Gasteiger partial charge is 0.115 e. The summed E-state index contributed by atoms with van der Waals surface area (Å²) in [5, 5.41) is 10.2. The molecule has 2 nitrogen and oxygen atoms in total. The Morgan fingerprint density at radius 2 is 2.26 bits per heavy atom. The highest BCUT2D eigenvalue weighted by Gasteiger charge is 2.52. The van der Waals surface area contributed by atoms with Gasteiger partial charge in [-0.3, -0.25) is 0 Å². The summed E-state index contributed by atoms with van der Waals surface area (Å²) in [5.74, 6) is 0.242. The molecule has 0 amide bonds. The lowest BCUT2D eigenvalue weighted by Crippen LogP contribution is -2.59. The lowest BCUT2D eigenvalue weighted by Gasteiger charge is -2.58. The summed E-state index contributed by atoms with van der Waals surface area (Å²) in [6.07, 6.45) is 6.44. The molecule has 19 heavy (non-hydrogen) atoms. The largest absolute Gasteiger partial charge is 0.508 e. The molecule has 2 bridgehead atoms. The Morgan fingerprint density at radius 1 is 1.37 bits per heavy atom. The maximum Gasteiger partial charge on any atom is 0.115 e. The Bertz CT molecular complexity index is 648. The average Bonchev–Trinajstić information content (AvgIpc) is 2.53. The molecule has 1 saturated carbocycles. The van der Waals surface area contributed by atoms with Gasteiger partial charge in [0.25, 0.3) is 0 Å². The Balaban J connectivity index is 2.01. The highest BCUT2D eigenvalue weighted by molar-refractivity contribution is 5.45. The Kier molecular flexibility index (Phi) is 1.89. The number of phenolic OH excluding ortho intramolecular Hbond substituents is 1. The second kappa shape index (κ2) is 3.99. The minimum absolute atomic E-state index is 0.0406. The van der Waals surface area contributed by atoms with Crippen molar-refractivity contribution in [1.29, 1.82) is 0 Å². The van der Waals surface area contributed by atoms with Crippen LogP contribution in [0.1, 0.15) is 47.3 Å². The van der Waals surface area contributed by atoms with Crippen LogP contribution in [-0.4, -0.2) is 29.6 Å². The topological polar surface area (TPSA) is 23.5 Å². The zero-order valence-corrected chi connectivity index (χ0v) is 11.5. The van der Waals surface area contributed by atoms with Crippen LogP contribution in [0.5, 0.6) is 5.75 Å². The van der Waals surface area contributed by atoms with Gasteiger partial charge in [-0.1, -0.05) is 18.9 Å². The van der Waals surface area contributed by atoms with E-state index in [0.29, 0.717) is 12.0 Å². The number of nitrogens with zero attached hydrogens (tertiary/aromatic N) is 1. The Labute approximate surface area is 119 Å². The minimum Gasteiger partial charge on any atom is -0.508 e. The third-order valence-electron chi connectivity index (χ3n) is 5.83. The number of likely N-dealkylation sites (tertiary alicyclic amines) is 1. The van der Waals surface area contributed by atoms with Crippen LogP contribution in [0, 0.1) is 5.92 Å². The zero-order chi connectivity index (χ0) is 15.6. The van der Waals surface area contributed by atoms with Crippen LogP contribution < -0.4 is 0 Å². The van der Waals surface area contributed by atoms with Crippen molar-refractivity contribution in [3.05, 3.63) is 29.3 Å². The second-order valence-electron chi connectivity index (χ2n) is 6.59. The number of aromatic hydroxyl groups is 1. The van der Waals surface area contributed by atoms with Crippen LogP contribution in [0.3, 0.4) is 0 Å². The SMILES string of the molecule is [2H]c1c([2H])c2c(c([2H])c1O)[C@@]13CCCC[C@H]1[C@@H](C2)N(C)CC3. The summed E-state index contributed by atoms with van der Waals surface area (Å²) in [5.41, 5.74) is 1.74. The van der Waals surface area contributed by atoms with Crippen molar-refractivity contribution < 1.29 is 9.22 Å². The summed E-state index contributed by atoms with van der Waals surface area (Å²) in [4.78, 5) is 2.41. The molecule has 0 unspecified atom stereocenters. The summed E-state index contributed by atoms with van der Waals surface area (Å²) in [7, 11) is 2.17. The molecule has 2 fully saturated rings. The molecular formula is C17H23NO. The highest BCUT2D eigenvalue weighted by atomic mass is 16.3. The normalized spacial score (nSPS) is 39.7. The lowest BCUT2D eigenvalue weighted by molar-refractivity contribution is 0.00274. The third-order valence-corrected chi connectivity index (χ3v) is 5.83. The summed E-state index contributed by atoms with van der Waals surface area (Å²) >= 11 is 0. The van der Waals surface area contributed by atoms with Crippen molar-refractivity contribution in [3.8, 4) is 5.75 Å². The van der Waals surface area contributed by atoms with Gasteiger partial charge in [0.1, 0.15) is 5.75 Å². The first kappa shape index (κ1) is 9.02. The van der Waals surface area contributed by atoms with E-state index in [-0.39, 0.29) is 29.3 Å². The fourth-order valence-electron chi connectivity index (χ4n) is 4.93. The molecule has 2 heteroatoms. The fourth-order valence-corrected chi connectivity index (χ4v) is 4.93. The van der Waals surface area contributed by atoms with Gasteiger partial charge in [0, 0.05) is 11.5 Å². The van der Waals surface area contributed by atoms with Crippen LogP contribution >= 0.6 is 0 Å². The van der Waals surface area contributed by atoms with Gasteiger partial charge in [-0.25, -0.2) is 0 Å². The average molecular weight is 260 g/mol. The van der Waals surface area contributed by atoms with Gasteiger partial charge in [-0.05, 0) is 68.4 Å². The monoisotopic (exact) mass is 260 g/mol. The van der Waals surface area contributed by atoms with E-state index in [1.165, 1.54) is 19.3 Å². The number of rotatable bonds is 0. The minimum atomic E-state index is -0.292. The predicted octanol–water partition coefficient (Wildman–Crippen LogP) is 3.08. The fraction of sp³-hybridized carbons (Fsp3) is 0.647. The molecule has 1 heterocycles. The molecule has 3 aliphatic rings. The third kappa shape index (κ3) is 1.53. The van der Waals surface area contributed by atoms with E-state index in [1.54, 1.807) is 0 Å². The van der Waals surface area contributed by atoms with Crippen molar-refractivity contribution in [2.75, 3.05) is 13.6 Å². The molecule has 0 aromatic heterocycles. The Morgan fingerprint density at radius 3 is 3.16 bits per heavy atom. The van der Waals surface area contributed by atoms with E-state index in [9.17, 15) is 5.11 Å². The number of fused-ring (bicyclic) bond motifs is 1. The van der Waals surface area contributed by atoms with E-state index in [4.69, 9.17) is 4.11 Å². The molecule has 2 aliphatic carbocycles. The molecule has 1 saturated heterocycles. The maximum atomic E-state index is 10.2. The van der Waals surface area contributed by atoms with Crippen LogP contribution in [0.15, 0.2) is 18.1 Å². The standard InChI is InChI=1S/C17H23NO/c1-18-9-8-17-7-3-2-4-14(17)16(18)10-12-5-6-13(19)11-15(12)17/h5-6,11,14,16,19H,2-4,7-10H2,1H3/t14-,16+,17+/m0/s1/i5D,6D,11D. The first-order valence-corrected chi connectivity index (χ1v) is 7.49. The number of hydrogen-bond donors (Lipinski definition) is 1. The van der Waals surface area contributed by atoms with E-state index in [1.807, 2.05) is 0 Å². The van der Waals surface area contributed by atoms with E-state index in [2.05, 4.69) is 11.9 Å². The molecule has 1 aromatic rings. The van der Waals surface area contributed by atoms with Crippen molar-refractivity contribution >= 4 is 0 Å². The van der Waals surface area contributed by atoms with Gasteiger partial charge >= 0.3 is 0 Å². The van der Waals surface area contributed by atoms with Gasteiger partial charge in [0.05, 0.1) is 4.11 Å². The lowest BCUT2D eigenvalue weighted by atomic mass is 9.52. The summed E-state index contributed by atoms with van der Waals surface area (Å²) in [6, 6.07) is 0.530. The van der Waals surface area contributed by atoms with Gasteiger partial charge in [0.2, 0.25) is 0 Å². The zero-order valence-electron chi connectivity index (χ0n) is 14.5. The molecule has 102 valence electrons. The predicted molar refractivity (Wildman–Crippen MR) is 76.5 cm³/mol. The van der Waals surface area contributed by atoms with E-state index < -0.39 is 0 Å². The quantitative estimate of drug-likeness (QED) is 0.775. The van der Waals surface area contributed by atoms with Crippen molar-refractivity contribution in [1.82, 2.24) is 4.90 Å². The number of piperidine rings is 1. The van der Waals surface area contributed by atoms with Gasteiger partial charge in [0.15, 0.2) is 0 Å². The first-order valence-electron chi connectivity index (χ1n) is 8.99. The number of phenols is 1. The van der Waals surface area contributed by atoms with Crippen LogP contribution in [-0.2, 0) is 11.8 Å². The van der Waals surface area contributed by atoms with Gasteiger partial charge < -0.3 is 10.0 Å². The molecule has 4 rings (SSSR count). The second-order valence-corrected chi connectivity index (χ2v) is 6.59. The van der Waals surface area contributed by atoms with E-state index >= 15 is 0 Å². The first-order chi connectivity index (χ1) is 10.5. The van der Waals surface area contributed by atoms with Crippen molar-refractivity contribution in [2.24, 2.45) is 5.92 Å². The number of hydrogen-bond acceptors (Lipinski definition) is 2. The van der Waals surface area contributed by atoms with E-state index in [0.717, 1.165) is 36.9 Å². The Hall–Kier alpha value is -1.02. The number of benzene rings is 1. The highest BCUT2D eigenvalue weighted by Crippen LogP contribution is 2.55. The van der Waals surface area contributed by atoms with Crippen molar-refractivity contribution in [3.63, 3.8) is 0 Å². The van der Waals surface area contributed by atoms with Gasteiger partial charge in [-0.2, -0.15) is 0 Å². The summed E-state index contributed by atoms with van der Waals surface area (Å²) < 4.78 is 24.7.